The number of carbonyl (C=O) groups excluding carboxylic acids is 1. The highest BCUT2D eigenvalue weighted by atomic mass is 16.4. The SMILES string of the molecule is CCCN(CCO)C(=O)Nc1c(C)cccc1C(=O)O. The number of anilines is 1. The molecular weight excluding hydrogens is 260 g/mol. The number of amides is 2. The van der Waals surface area contributed by atoms with Gasteiger partial charge >= 0.3 is 12.0 Å². The largest absolute Gasteiger partial charge is 0.478 e. The van der Waals surface area contributed by atoms with Gasteiger partial charge in [0.25, 0.3) is 0 Å². The molecule has 0 spiro atoms. The molecule has 1 rings (SSSR count). The molecule has 1 aromatic rings. The lowest BCUT2D eigenvalue weighted by molar-refractivity contribution is 0.0698. The molecule has 3 N–H and O–H groups in total. The van der Waals surface area contributed by atoms with Crippen molar-refractivity contribution in [2.75, 3.05) is 25.0 Å². The molecule has 6 heteroatoms. The van der Waals surface area contributed by atoms with Crippen molar-refractivity contribution in [2.24, 2.45) is 0 Å². The number of rotatable bonds is 6. The van der Waals surface area contributed by atoms with Crippen molar-refractivity contribution in [1.82, 2.24) is 4.90 Å². The molecule has 0 aliphatic carbocycles. The number of para-hydroxylation sites is 1. The molecule has 0 aromatic heterocycles. The van der Waals surface area contributed by atoms with Crippen molar-refractivity contribution in [3.05, 3.63) is 29.3 Å². The van der Waals surface area contributed by atoms with Gasteiger partial charge in [-0.1, -0.05) is 19.1 Å². The maximum atomic E-state index is 12.1. The van der Waals surface area contributed by atoms with Crippen LogP contribution in [-0.2, 0) is 0 Å². The predicted molar refractivity (Wildman–Crippen MR) is 76.1 cm³/mol. The Hall–Kier alpha value is -2.08. The van der Waals surface area contributed by atoms with E-state index in [9.17, 15) is 9.59 Å². The van der Waals surface area contributed by atoms with Crippen LogP contribution in [-0.4, -0.2) is 46.8 Å². The lowest BCUT2D eigenvalue weighted by Crippen LogP contribution is -2.38. The van der Waals surface area contributed by atoms with Crippen LogP contribution in [0.4, 0.5) is 10.5 Å². The molecule has 0 saturated heterocycles. The number of urea groups is 1. The summed E-state index contributed by atoms with van der Waals surface area (Å²) in [4.78, 5) is 24.8. The van der Waals surface area contributed by atoms with E-state index in [1.54, 1.807) is 19.1 Å². The van der Waals surface area contributed by atoms with Crippen molar-refractivity contribution in [1.29, 1.82) is 0 Å². The first kappa shape index (κ1) is 16.0. The molecule has 0 fully saturated rings. The fraction of sp³-hybridized carbons (Fsp3) is 0.429. The lowest BCUT2D eigenvalue weighted by Gasteiger charge is -2.22. The van der Waals surface area contributed by atoms with Gasteiger partial charge in [0.05, 0.1) is 17.9 Å². The first-order valence-electron chi connectivity index (χ1n) is 6.51. The van der Waals surface area contributed by atoms with Crippen LogP contribution in [0, 0.1) is 6.92 Å². The van der Waals surface area contributed by atoms with Crippen LogP contribution in [0.3, 0.4) is 0 Å². The minimum Gasteiger partial charge on any atom is -0.478 e. The summed E-state index contributed by atoms with van der Waals surface area (Å²) in [5.74, 6) is -1.09. The van der Waals surface area contributed by atoms with Gasteiger partial charge in [-0.3, -0.25) is 0 Å². The van der Waals surface area contributed by atoms with E-state index in [2.05, 4.69) is 5.32 Å². The normalized spacial score (nSPS) is 10.2. The fourth-order valence-corrected chi connectivity index (χ4v) is 1.90. The molecule has 2 amide bonds. The Morgan fingerprint density at radius 3 is 2.55 bits per heavy atom. The second-order valence-electron chi connectivity index (χ2n) is 4.44. The summed E-state index contributed by atoms with van der Waals surface area (Å²) in [6.45, 7) is 4.24. The van der Waals surface area contributed by atoms with E-state index in [1.165, 1.54) is 11.0 Å². The van der Waals surface area contributed by atoms with Gasteiger partial charge in [-0.05, 0) is 25.0 Å². The summed E-state index contributed by atoms with van der Waals surface area (Å²) in [5, 5.41) is 20.7. The Balaban J connectivity index is 2.97. The van der Waals surface area contributed by atoms with E-state index in [1.807, 2.05) is 6.92 Å². The topological polar surface area (TPSA) is 89.9 Å². The van der Waals surface area contributed by atoms with Gasteiger partial charge in [-0.15, -0.1) is 0 Å². The second kappa shape index (κ2) is 7.49. The van der Waals surface area contributed by atoms with Crippen molar-refractivity contribution >= 4 is 17.7 Å². The average Bonchev–Trinajstić information content (AvgIpc) is 2.40. The summed E-state index contributed by atoms with van der Waals surface area (Å²) >= 11 is 0. The quantitative estimate of drug-likeness (QED) is 0.742. The minimum atomic E-state index is -1.09. The van der Waals surface area contributed by atoms with Crippen LogP contribution >= 0.6 is 0 Å². The lowest BCUT2D eigenvalue weighted by atomic mass is 10.1. The number of benzene rings is 1. The van der Waals surface area contributed by atoms with Gasteiger partial charge < -0.3 is 20.4 Å². The summed E-state index contributed by atoms with van der Waals surface area (Å²) in [5.41, 5.74) is 1.03. The van der Waals surface area contributed by atoms with Crippen molar-refractivity contribution < 1.29 is 19.8 Å². The zero-order valence-corrected chi connectivity index (χ0v) is 11.7. The average molecular weight is 280 g/mol. The monoisotopic (exact) mass is 280 g/mol. The molecule has 1 aromatic carbocycles. The highest BCUT2D eigenvalue weighted by Crippen LogP contribution is 2.21. The number of carboxylic acid groups (broad SMARTS) is 1. The highest BCUT2D eigenvalue weighted by molar-refractivity contribution is 6.00. The highest BCUT2D eigenvalue weighted by Gasteiger charge is 2.17. The first-order valence-corrected chi connectivity index (χ1v) is 6.51. The van der Waals surface area contributed by atoms with Gasteiger partial charge in [0.1, 0.15) is 0 Å². The third kappa shape index (κ3) is 3.96. The van der Waals surface area contributed by atoms with Crippen molar-refractivity contribution in [3.8, 4) is 0 Å². The van der Waals surface area contributed by atoms with Crippen molar-refractivity contribution in [2.45, 2.75) is 20.3 Å². The van der Waals surface area contributed by atoms with E-state index < -0.39 is 12.0 Å². The minimum absolute atomic E-state index is 0.0544. The van der Waals surface area contributed by atoms with Gasteiger partial charge in [-0.25, -0.2) is 9.59 Å². The first-order chi connectivity index (χ1) is 9.51. The van der Waals surface area contributed by atoms with Gasteiger partial charge in [-0.2, -0.15) is 0 Å². The molecule has 0 unspecified atom stereocenters. The third-order valence-electron chi connectivity index (χ3n) is 2.89. The summed E-state index contributed by atoms with van der Waals surface area (Å²) in [6, 6.07) is 4.41. The molecule has 110 valence electrons. The van der Waals surface area contributed by atoms with Crippen LogP contribution < -0.4 is 5.32 Å². The summed E-state index contributed by atoms with van der Waals surface area (Å²) in [7, 11) is 0. The molecule has 6 nitrogen and oxygen atoms in total. The third-order valence-corrected chi connectivity index (χ3v) is 2.89. The number of carbonyl (C=O) groups is 2. The Morgan fingerprint density at radius 1 is 1.30 bits per heavy atom. The molecule has 0 saturated carbocycles. The second-order valence-corrected chi connectivity index (χ2v) is 4.44. The number of hydrogen-bond donors (Lipinski definition) is 3. The Bertz CT molecular complexity index is 482. The zero-order valence-electron chi connectivity index (χ0n) is 11.7. The van der Waals surface area contributed by atoms with Crippen LogP contribution in [0.25, 0.3) is 0 Å². The number of nitrogens with one attached hydrogen (secondary N) is 1. The number of aryl methyl sites for hydroxylation is 1. The van der Waals surface area contributed by atoms with E-state index in [0.29, 0.717) is 17.8 Å². The van der Waals surface area contributed by atoms with E-state index >= 15 is 0 Å². The van der Waals surface area contributed by atoms with Gasteiger partial charge in [0.15, 0.2) is 0 Å². The Kier molecular flexibility index (Phi) is 5.99. The van der Waals surface area contributed by atoms with Crippen LogP contribution in [0.5, 0.6) is 0 Å². The maximum absolute atomic E-state index is 12.1. The molecule has 0 heterocycles. The molecule has 0 bridgehead atoms. The standard InChI is InChI=1S/C14H20N2O4/c1-3-7-16(8-9-17)14(20)15-12-10(2)5-4-6-11(12)13(18)19/h4-6,17H,3,7-9H2,1-2H3,(H,15,20)(H,18,19). The number of carboxylic acids is 1. The van der Waals surface area contributed by atoms with Crippen LogP contribution in [0.15, 0.2) is 18.2 Å². The smallest absolute Gasteiger partial charge is 0.337 e. The molecule has 0 aliphatic heterocycles. The summed E-state index contributed by atoms with van der Waals surface area (Å²) < 4.78 is 0. The van der Waals surface area contributed by atoms with Crippen molar-refractivity contribution in [3.63, 3.8) is 0 Å². The van der Waals surface area contributed by atoms with Gasteiger partial charge in [0, 0.05) is 13.1 Å². The molecule has 20 heavy (non-hydrogen) atoms. The number of nitrogens with zero attached hydrogens (tertiary/aromatic N) is 1. The maximum Gasteiger partial charge on any atom is 0.337 e. The number of aliphatic hydroxyl groups is 1. The number of aliphatic hydroxyl groups excluding tert-OH is 1. The van der Waals surface area contributed by atoms with E-state index in [4.69, 9.17) is 10.2 Å². The zero-order chi connectivity index (χ0) is 15.1. The molecular formula is C14H20N2O4. The van der Waals surface area contributed by atoms with E-state index in [-0.39, 0.29) is 18.7 Å². The summed E-state index contributed by atoms with van der Waals surface area (Å²) in [6.07, 6.45) is 0.757. The number of aromatic carboxylic acids is 1. The van der Waals surface area contributed by atoms with Gasteiger partial charge in [0.2, 0.25) is 0 Å². The van der Waals surface area contributed by atoms with Crippen LogP contribution in [0.1, 0.15) is 29.3 Å². The van der Waals surface area contributed by atoms with E-state index in [0.717, 1.165) is 6.42 Å². The Labute approximate surface area is 118 Å². The van der Waals surface area contributed by atoms with Crippen LogP contribution in [0.2, 0.25) is 0 Å². The fourth-order valence-electron chi connectivity index (χ4n) is 1.90. The predicted octanol–water partition coefficient (Wildman–Crippen LogP) is 1.93. The molecule has 0 atom stereocenters. The molecule has 0 aliphatic rings. The Morgan fingerprint density at radius 2 is 2.00 bits per heavy atom. The number of hydrogen-bond acceptors (Lipinski definition) is 3. The molecule has 0 radical (unpaired) electrons.